The smallest absolute Gasteiger partial charge is 0.416 e. The summed E-state index contributed by atoms with van der Waals surface area (Å²) in [4.78, 5) is 20.1. The van der Waals surface area contributed by atoms with E-state index in [2.05, 4.69) is 20.6 Å². The highest BCUT2D eigenvalue weighted by Crippen LogP contribution is 2.34. The van der Waals surface area contributed by atoms with Crippen LogP contribution in [0.5, 0.6) is 11.5 Å². The molecule has 0 aliphatic heterocycles. The summed E-state index contributed by atoms with van der Waals surface area (Å²) in [6.45, 7) is 6.27. The molecule has 2 N–H and O–H groups in total. The number of pyridine rings is 2. The Morgan fingerprint density at radius 3 is 2.42 bits per heavy atom. The standard InChI is InChI=1S/C24H22N6O3.C9H10F3N.C2H6/c1-29-19-6-8-25-24(27-12-16-4-5-18(32-2)11-20(16)33-3)22(19)23(28-29)15-7-9-30-17(14-31)13-26-21(30)10-15;1-6-3-4-7(9(10,11)12)5-8(6)13-2;1-2/h4-11,13-14H,12H2,1-3H3,(H,25,27);3-5,13H,1-2H3;1-2H3. The zero-order chi connectivity index (χ0) is 35.0. The number of aryl methyl sites for hydroxylation is 2. The second kappa shape index (κ2) is 15.3. The summed E-state index contributed by atoms with van der Waals surface area (Å²) >= 11 is 0. The summed E-state index contributed by atoms with van der Waals surface area (Å²) in [5.41, 5.74) is 5.45. The minimum Gasteiger partial charge on any atom is -0.497 e. The van der Waals surface area contributed by atoms with Gasteiger partial charge >= 0.3 is 6.18 Å². The number of aldehydes is 1. The van der Waals surface area contributed by atoms with Gasteiger partial charge in [-0.05, 0) is 55.0 Å². The van der Waals surface area contributed by atoms with Crippen LogP contribution in [0.4, 0.5) is 24.7 Å². The Morgan fingerprint density at radius 1 is 0.979 bits per heavy atom. The number of nitrogens with one attached hydrogen (secondary N) is 2. The summed E-state index contributed by atoms with van der Waals surface area (Å²) in [5, 5.41) is 11.8. The van der Waals surface area contributed by atoms with E-state index < -0.39 is 11.7 Å². The van der Waals surface area contributed by atoms with Crippen LogP contribution in [-0.4, -0.2) is 51.7 Å². The SMILES string of the molecule is CC.CNc1cc(C(F)(F)F)ccc1C.COc1ccc(CNc2nccc3c2c(-c2ccn4c(C=O)cnc4c2)nn3C)c(OC)c1. The highest BCUT2D eigenvalue weighted by molar-refractivity contribution is 6.01. The molecule has 0 aliphatic carbocycles. The Labute approximate surface area is 276 Å². The highest BCUT2D eigenvalue weighted by Gasteiger charge is 2.30. The van der Waals surface area contributed by atoms with Gasteiger partial charge in [0.25, 0.3) is 0 Å². The van der Waals surface area contributed by atoms with E-state index in [1.165, 1.54) is 6.07 Å². The first-order valence-electron chi connectivity index (χ1n) is 15.1. The van der Waals surface area contributed by atoms with Crippen LogP contribution in [0, 0.1) is 6.92 Å². The molecule has 13 heteroatoms. The topological polar surface area (TPSA) is 108 Å². The van der Waals surface area contributed by atoms with Crippen LogP contribution in [0.15, 0.2) is 73.2 Å². The minimum absolute atomic E-state index is 0.500. The van der Waals surface area contributed by atoms with E-state index in [-0.39, 0.29) is 0 Å². The Hall–Kier alpha value is -5.59. The van der Waals surface area contributed by atoms with Crippen LogP contribution in [0.25, 0.3) is 27.8 Å². The normalized spacial score (nSPS) is 10.9. The number of alkyl halides is 3. The number of fused-ring (bicyclic) bond motifs is 2. The van der Waals surface area contributed by atoms with Gasteiger partial charge in [0, 0.05) is 55.9 Å². The van der Waals surface area contributed by atoms with Gasteiger partial charge in [-0.2, -0.15) is 18.3 Å². The second-order valence-corrected chi connectivity index (χ2v) is 10.3. The Kier molecular flexibility index (Phi) is 11.3. The molecule has 0 spiro atoms. The Morgan fingerprint density at radius 2 is 1.75 bits per heavy atom. The van der Waals surface area contributed by atoms with Crippen molar-refractivity contribution < 1.29 is 27.4 Å². The maximum absolute atomic E-state index is 12.2. The van der Waals surface area contributed by atoms with Crippen molar-refractivity contribution in [2.24, 2.45) is 7.05 Å². The summed E-state index contributed by atoms with van der Waals surface area (Å²) in [6.07, 6.45) is 1.66. The number of hydrogen-bond donors (Lipinski definition) is 2. The average Bonchev–Trinajstić information content (AvgIpc) is 3.68. The summed E-state index contributed by atoms with van der Waals surface area (Å²) in [7, 11) is 6.77. The Bertz CT molecular complexity index is 2020. The number of aromatic nitrogens is 5. The number of halogens is 3. The van der Waals surface area contributed by atoms with Crippen molar-refractivity contribution >= 4 is 34.3 Å². The van der Waals surface area contributed by atoms with Crippen molar-refractivity contribution in [2.45, 2.75) is 33.5 Å². The predicted molar refractivity (Wildman–Crippen MR) is 182 cm³/mol. The van der Waals surface area contributed by atoms with Crippen LogP contribution in [0.2, 0.25) is 0 Å². The third-order valence-electron chi connectivity index (χ3n) is 7.48. The summed E-state index contributed by atoms with van der Waals surface area (Å²) in [5.74, 6) is 2.18. The molecule has 10 nitrogen and oxygen atoms in total. The van der Waals surface area contributed by atoms with Gasteiger partial charge in [0.15, 0.2) is 6.29 Å². The molecule has 4 aromatic heterocycles. The lowest BCUT2D eigenvalue weighted by Gasteiger charge is -2.12. The molecule has 0 unspecified atom stereocenters. The number of imidazole rings is 1. The number of anilines is 2. The molecule has 0 fully saturated rings. The molecule has 252 valence electrons. The van der Waals surface area contributed by atoms with E-state index in [4.69, 9.17) is 14.6 Å². The van der Waals surface area contributed by atoms with E-state index in [1.54, 1.807) is 45.0 Å². The lowest BCUT2D eigenvalue weighted by atomic mass is 10.1. The van der Waals surface area contributed by atoms with Gasteiger partial charge in [0.05, 0.1) is 36.9 Å². The fraction of sp³-hybridized carbons (Fsp3) is 0.257. The molecule has 0 saturated heterocycles. The molecule has 2 aromatic carbocycles. The zero-order valence-electron chi connectivity index (χ0n) is 27.8. The van der Waals surface area contributed by atoms with Gasteiger partial charge in [0.1, 0.15) is 34.4 Å². The minimum atomic E-state index is -4.26. The first-order valence-corrected chi connectivity index (χ1v) is 15.1. The number of carbonyl (C=O) groups is 1. The predicted octanol–water partition coefficient (Wildman–Crippen LogP) is 7.81. The van der Waals surface area contributed by atoms with Crippen LogP contribution in [0.3, 0.4) is 0 Å². The number of ether oxygens (including phenoxy) is 2. The fourth-order valence-corrected chi connectivity index (χ4v) is 5.02. The highest BCUT2D eigenvalue weighted by atomic mass is 19.4. The van der Waals surface area contributed by atoms with Crippen molar-refractivity contribution in [3.63, 3.8) is 0 Å². The summed E-state index contributed by atoms with van der Waals surface area (Å²) in [6, 6.07) is 15.1. The van der Waals surface area contributed by atoms with Crippen LogP contribution >= 0.6 is 0 Å². The number of benzene rings is 2. The van der Waals surface area contributed by atoms with Crippen molar-refractivity contribution in [3.05, 3.63) is 95.6 Å². The molecule has 6 aromatic rings. The Balaban J connectivity index is 0.000000292. The van der Waals surface area contributed by atoms with E-state index in [0.717, 1.165) is 63.2 Å². The van der Waals surface area contributed by atoms with Crippen molar-refractivity contribution in [3.8, 4) is 22.8 Å². The third-order valence-corrected chi connectivity index (χ3v) is 7.48. The van der Waals surface area contributed by atoms with Crippen molar-refractivity contribution in [1.29, 1.82) is 0 Å². The third kappa shape index (κ3) is 7.51. The monoisotopic (exact) mass is 661 g/mol. The fourth-order valence-electron chi connectivity index (χ4n) is 5.02. The van der Waals surface area contributed by atoms with E-state index in [9.17, 15) is 18.0 Å². The molecular weight excluding hydrogens is 623 g/mol. The number of hydrogen-bond acceptors (Lipinski definition) is 8. The number of carbonyl (C=O) groups excluding carboxylic acids is 1. The van der Waals surface area contributed by atoms with Crippen molar-refractivity contribution in [2.75, 3.05) is 31.9 Å². The molecule has 0 radical (unpaired) electrons. The summed E-state index contributed by atoms with van der Waals surface area (Å²) < 4.78 is 51.0. The van der Waals surface area contributed by atoms with Crippen LogP contribution in [0.1, 0.15) is 41.0 Å². The van der Waals surface area contributed by atoms with E-state index in [0.29, 0.717) is 29.4 Å². The van der Waals surface area contributed by atoms with Crippen LogP contribution in [-0.2, 0) is 19.8 Å². The molecular formula is C35H38F3N7O3. The second-order valence-electron chi connectivity index (χ2n) is 10.3. The number of nitrogens with zero attached hydrogens (tertiary/aromatic N) is 5. The lowest BCUT2D eigenvalue weighted by Crippen LogP contribution is -2.06. The van der Waals surface area contributed by atoms with E-state index >= 15 is 0 Å². The van der Waals surface area contributed by atoms with Gasteiger partial charge in [-0.25, -0.2) is 9.97 Å². The number of methoxy groups -OCH3 is 2. The van der Waals surface area contributed by atoms with E-state index in [1.807, 2.05) is 68.2 Å². The first-order chi connectivity index (χ1) is 23.1. The largest absolute Gasteiger partial charge is 0.497 e. The van der Waals surface area contributed by atoms with Crippen LogP contribution < -0.4 is 20.1 Å². The van der Waals surface area contributed by atoms with Gasteiger partial charge in [-0.15, -0.1) is 0 Å². The lowest BCUT2D eigenvalue weighted by molar-refractivity contribution is -0.137. The maximum atomic E-state index is 12.2. The van der Waals surface area contributed by atoms with Gasteiger partial charge in [-0.1, -0.05) is 19.9 Å². The molecule has 0 bridgehead atoms. The molecule has 0 saturated carbocycles. The molecule has 0 aliphatic rings. The zero-order valence-corrected chi connectivity index (χ0v) is 27.8. The number of rotatable bonds is 8. The molecule has 0 atom stereocenters. The maximum Gasteiger partial charge on any atom is 0.416 e. The quantitative estimate of drug-likeness (QED) is 0.159. The van der Waals surface area contributed by atoms with Gasteiger partial charge in [-0.3, -0.25) is 13.9 Å². The van der Waals surface area contributed by atoms with Crippen molar-refractivity contribution in [1.82, 2.24) is 24.1 Å². The van der Waals surface area contributed by atoms with Gasteiger partial charge in [0.2, 0.25) is 0 Å². The first kappa shape index (κ1) is 35.3. The molecule has 4 heterocycles. The molecule has 6 rings (SSSR count). The molecule has 48 heavy (non-hydrogen) atoms. The average molecular weight is 662 g/mol. The molecule has 0 amide bonds. The van der Waals surface area contributed by atoms with Gasteiger partial charge < -0.3 is 20.1 Å².